The number of imidazole rings is 1. The van der Waals surface area contributed by atoms with Crippen molar-refractivity contribution in [2.24, 2.45) is 23.2 Å². The fraction of sp³-hybridized carbons (Fsp3) is 0.467. The highest BCUT2D eigenvalue weighted by Crippen LogP contribution is 2.52. The molecule has 3 fully saturated rings. The lowest BCUT2D eigenvalue weighted by atomic mass is 10.0. The number of carbonyl (C=O) groups excluding carboxylic acids is 4. The fourth-order valence-corrected chi connectivity index (χ4v) is 8.37. The summed E-state index contributed by atoms with van der Waals surface area (Å²) in [5, 5.41) is 5.08. The monoisotopic (exact) mass is 898 g/mol. The molecule has 18 heteroatoms. The van der Waals surface area contributed by atoms with Gasteiger partial charge in [-0.1, -0.05) is 70.3 Å². The van der Waals surface area contributed by atoms with Gasteiger partial charge in [-0.3, -0.25) is 14.4 Å². The van der Waals surface area contributed by atoms with Gasteiger partial charge >= 0.3 is 12.5 Å². The van der Waals surface area contributed by atoms with Gasteiger partial charge < -0.3 is 39.8 Å². The van der Waals surface area contributed by atoms with Gasteiger partial charge in [-0.2, -0.15) is 0 Å². The molecule has 63 heavy (non-hydrogen) atoms. The lowest BCUT2D eigenvalue weighted by molar-refractivity contribution is -0.274. The van der Waals surface area contributed by atoms with Crippen molar-refractivity contribution < 1.29 is 50.0 Å². The minimum Gasteiger partial charge on any atom is -0.453 e. The Hall–Kier alpha value is -5.84. The fourth-order valence-electron chi connectivity index (χ4n) is 8.16. The van der Waals surface area contributed by atoms with Crippen LogP contribution in [-0.2, 0) is 14.3 Å². The number of piperazine rings is 1. The number of aromatic amines is 1. The first-order chi connectivity index (χ1) is 32.2. The van der Waals surface area contributed by atoms with Crippen LogP contribution in [0.1, 0.15) is 84.7 Å². The molecule has 0 bridgehead atoms. The van der Waals surface area contributed by atoms with Crippen molar-refractivity contribution in [1.82, 2.24) is 30.1 Å². The van der Waals surface area contributed by atoms with Crippen LogP contribution in [0.15, 0.2) is 60.9 Å². The number of hydrogen-bond donors (Lipinski definition) is 3. The van der Waals surface area contributed by atoms with Crippen LogP contribution in [-0.4, -0.2) is 100 Å². The number of aromatic nitrogens is 3. The van der Waals surface area contributed by atoms with E-state index in [0.29, 0.717) is 41.4 Å². The highest BCUT2D eigenvalue weighted by molar-refractivity contribution is 6.34. The average Bonchev–Trinajstić information content (AvgIpc) is 3.71. The number of ether oxygens (including phenoxy) is 2. The molecule has 14 nitrogen and oxygen atoms in total. The van der Waals surface area contributed by atoms with E-state index in [1.807, 2.05) is 32.6 Å². The third-order valence-electron chi connectivity index (χ3n) is 11.6. The zero-order chi connectivity index (χ0) is 50.5. The van der Waals surface area contributed by atoms with Gasteiger partial charge in [0.1, 0.15) is 23.4 Å². The molecule has 4 heterocycles. The molecule has 3 N–H and O–H groups in total. The van der Waals surface area contributed by atoms with Crippen molar-refractivity contribution in [3.63, 3.8) is 0 Å². The van der Waals surface area contributed by atoms with E-state index in [4.69, 9.17) is 24.6 Å². The van der Waals surface area contributed by atoms with E-state index in [1.165, 1.54) is 30.3 Å². The molecule has 0 unspecified atom stereocenters. The van der Waals surface area contributed by atoms with Gasteiger partial charge in [0.25, 0.3) is 5.91 Å². The van der Waals surface area contributed by atoms with Gasteiger partial charge in [-0.15, -0.1) is 13.2 Å². The maximum Gasteiger partial charge on any atom is 0.573 e. The molecule has 2 saturated heterocycles. The lowest BCUT2D eigenvalue weighted by Crippen LogP contribution is -2.54. The quantitative estimate of drug-likeness (QED) is 0.134. The second-order valence-corrected chi connectivity index (χ2v) is 17.2. The number of rotatable bonds is 11. The summed E-state index contributed by atoms with van der Waals surface area (Å²) in [6, 6.07) is 10.2. The number of alkyl halides is 3. The van der Waals surface area contributed by atoms with Crippen LogP contribution in [0.5, 0.6) is 5.75 Å². The molecule has 1 saturated carbocycles. The van der Waals surface area contributed by atoms with Crippen molar-refractivity contribution in [2.75, 3.05) is 43.5 Å². The Morgan fingerprint density at radius 3 is 2.35 bits per heavy atom. The molecule has 5 atom stereocenters. The highest BCUT2D eigenvalue weighted by atomic mass is 35.5. The number of amides is 4. The number of nitrogens with one attached hydrogen (secondary N) is 3. The molecule has 2 aromatic heterocycles. The summed E-state index contributed by atoms with van der Waals surface area (Å²) in [5.41, 5.74) is -0.689. The molecular formula is C45H52ClF3N8O6. The maximum absolute atomic E-state index is 13.8. The molecule has 1 aliphatic carbocycles. The molecule has 3 aliphatic rings. The topological polar surface area (TPSA) is 162 Å². The Morgan fingerprint density at radius 2 is 1.73 bits per heavy atom. The normalized spacial score (nSPS) is 23.0. The number of H-pyrrole nitrogens is 1. The van der Waals surface area contributed by atoms with Crippen molar-refractivity contribution in [2.45, 2.75) is 78.7 Å². The van der Waals surface area contributed by atoms with E-state index >= 15 is 0 Å². The van der Waals surface area contributed by atoms with Gasteiger partial charge in [0.15, 0.2) is 0 Å². The molecule has 2 aromatic carbocycles. The van der Waals surface area contributed by atoms with Gasteiger partial charge in [-0.25, -0.2) is 14.8 Å². The van der Waals surface area contributed by atoms with Crippen molar-refractivity contribution in [3.8, 4) is 28.1 Å². The Kier molecular flexibility index (Phi) is 10.6. The number of nitrogens with zero attached hydrogens (tertiary/aromatic N) is 5. The molecule has 7 rings (SSSR count). The first-order valence-electron chi connectivity index (χ1n) is 23.5. The third-order valence-corrected chi connectivity index (χ3v) is 12.0. The number of pyridine rings is 1. The zero-order valence-electron chi connectivity index (χ0n) is 41.2. The Balaban J connectivity index is 1.02. The third kappa shape index (κ3) is 10.0. The van der Waals surface area contributed by atoms with Crippen molar-refractivity contribution >= 4 is 46.9 Å². The number of hydrogen-bond acceptors (Lipinski definition) is 9. The summed E-state index contributed by atoms with van der Waals surface area (Å²) < 4.78 is 97.8. The summed E-state index contributed by atoms with van der Waals surface area (Å²) in [7, 11) is 1.22. The van der Waals surface area contributed by atoms with Gasteiger partial charge in [0, 0.05) is 64.2 Å². The van der Waals surface area contributed by atoms with E-state index in [0.717, 1.165) is 6.07 Å². The Labute approximate surface area is 377 Å². The predicted molar refractivity (Wildman–Crippen MR) is 231 cm³/mol. The van der Waals surface area contributed by atoms with E-state index in [1.54, 1.807) is 41.4 Å². The number of methoxy groups -OCH3 is 1. The summed E-state index contributed by atoms with van der Waals surface area (Å²) in [5.74, 6) is -2.40. The van der Waals surface area contributed by atoms with Crippen LogP contribution < -0.4 is 20.3 Å². The summed E-state index contributed by atoms with van der Waals surface area (Å²) in [6.45, 7) is 2.89. The van der Waals surface area contributed by atoms with Crippen LogP contribution in [0.4, 0.5) is 29.5 Å². The molecule has 4 aromatic rings. The van der Waals surface area contributed by atoms with Crippen LogP contribution >= 0.6 is 11.6 Å². The van der Waals surface area contributed by atoms with Crippen LogP contribution in [0.2, 0.25) is 5.02 Å². The second kappa shape index (κ2) is 17.7. The van der Waals surface area contributed by atoms with Gasteiger partial charge in [0.05, 0.1) is 41.3 Å². The zero-order valence-corrected chi connectivity index (χ0v) is 35.9. The van der Waals surface area contributed by atoms with Crippen molar-refractivity contribution in [3.05, 3.63) is 77.3 Å². The summed E-state index contributed by atoms with van der Waals surface area (Å²) >= 11 is 6.59. The van der Waals surface area contributed by atoms with Crippen LogP contribution in [0, 0.1) is 23.2 Å². The number of benzene rings is 2. The molecule has 2 aliphatic heterocycles. The molecule has 0 radical (unpaired) electrons. The highest BCUT2D eigenvalue weighted by Gasteiger charge is 2.52. The van der Waals surface area contributed by atoms with E-state index in [2.05, 4.69) is 30.3 Å². The summed E-state index contributed by atoms with van der Waals surface area (Å²) in [6.07, 6.45) is -2.58. The van der Waals surface area contributed by atoms with Crippen LogP contribution in [0.3, 0.4) is 0 Å². The Bertz CT molecular complexity index is 2570. The van der Waals surface area contributed by atoms with E-state index in [-0.39, 0.29) is 71.7 Å². The average molecular weight is 899 g/mol. The standard InChI is InChI=1S/C45H52ClF3N8O6/c1-24(2)38(54-43(61)62-7)42(60)57-22-25(3)16-35(57)39-51-21-34(52-39)28-10-8-27(9-11-28)30-17-32(46)33(18-36(30)63-45(47,48)49)53-40(58)29-12-13-37(50-20-29)56-15-14-55(23-26(56)4)41(59)31-19-44(31,5)6/h8-13,17-18,20-21,24-26,31,35,38H,14-16,19,22-23H2,1-7H3,(H,51,52)(H,53,58)(H,54,61)/t25-,26+,31+,35-,38-/m0/s1/i5D3,6D3. The Morgan fingerprint density at radius 1 is 1.00 bits per heavy atom. The SMILES string of the molecule is [2H]C([2H])([2H])C1(C([2H])([2H])[2H])C[C@@H]1C(=O)N1CCN(c2ccc(C(=O)Nc3cc(OC(F)(F)F)c(-c4ccc(-c5cnc([C@@H]6C[C@H](C)CN6C(=O)[C@@H](NC(=O)OC)C(C)C)[nH]5)cc4)cc3Cl)cn2)[C@H](C)C1. The van der Waals surface area contributed by atoms with E-state index in [9.17, 15) is 32.3 Å². The smallest absolute Gasteiger partial charge is 0.453 e. The predicted octanol–water partition coefficient (Wildman–Crippen LogP) is 8.32. The minimum atomic E-state index is -5.11. The first kappa shape index (κ1) is 37.7. The molecule has 336 valence electrons. The second-order valence-electron chi connectivity index (χ2n) is 16.8. The largest absolute Gasteiger partial charge is 0.573 e. The lowest BCUT2D eigenvalue weighted by Gasteiger charge is -2.40. The van der Waals surface area contributed by atoms with Gasteiger partial charge in [0.2, 0.25) is 11.8 Å². The number of alkyl carbamates (subject to hydrolysis) is 1. The van der Waals surface area contributed by atoms with Gasteiger partial charge in [-0.05, 0) is 66.3 Å². The van der Waals surface area contributed by atoms with Crippen LogP contribution in [0.25, 0.3) is 22.4 Å². The number of anilines is 2. The van der Waals surface area contributed by atoms with E-state index < -0.39 is 67.1 Å². The minimum absolute atomic E-state index is 0.0190. The molecule has 0 spiro atoms. The molecular weight excluding hydrogens is 841 g/mol. The summed E-state index contributed by atoms with van der Waals surface area (Å²) in [4.78, 5) is 69.9. The first-order valence-corrected chi connectivity index (χ1v) is 20.8. The number of likely N-dealkylation sites (tertiary alicyclic amines) is 1. The van der Waals surface area contributed by atoms with Crippen molar-refractivity contribution in [1.29, 1.82) is 0 Å². The molecule has 4 amide bonds. The number of carbonyl (C=O) groups is 4. The maximum atomic E-state index is 13.8. The number of halogens is 4.